The maximum Gasteiger partial charge on any atom is 0.335 e. The van der Waals surface area contributed by atoms with Crippen molar-refractivity contribution in [1.82, 2.24) is 4.98 Å². The number of Topliss-reactive ketones (excluding diaryl/α,β-unsaturated/α-hetero) is 2. The first-order valence-corrected chi connectivity index (χ1v) is 14.5. The van der Waals surface area contributed by atoms with E-state index in [1.165, 1.54) is 18.2 Å². The van der Waals surface area contributed by atoms with Gasteiger partial charge in [-0.15, -0.1) is 0 Å². The zero-order valence-corrected chi connectivity index (χ0v) is 25.6. The van der Waals surface area contributed by atoms with Gasteiger partial charge >= 0.3 is 11.9 Å². The highest BCUT2D eigenvalue weighted by Gasteiger charge is 2.41. The third-order valence-electron chi connectivity index (χ3n) is 7.95. The third-order valence-corrected chi connectivity index (χ3v) is 7.95. The number of aromatic nitrogens is 1. The zero-order valence-electron chi connectivity index (χ0n) is 25.6. The van der Waals surface area contributed by atoms with Crippen LogP contribution in [0, 0.1) is 0 Å². The van der Waals surface area contributed by atoms with Crippen LogP contribution in [0.5, 0.6) is 11.5 Å². The lowest BCUT2D eigenvalue weighted by Crippen LogP contribution is -2.18. The maximum absolute atomic E-state index is 13.2. The molecule has 8 heteroatoms. The number of aryl methyl sites for hydroxylation is 1. The van der Waals surface area contributed by atoms with Gasteiger partial charge in [-0.3, -0.25) is 14.4 Å². The Morgan fingerprint density at radius 3 is 2.09 bits per heavy atom. The first-order chi connectivity index (χ1) is 20.6. The molecule has 8 nitrogen and oxygen atoms in total. The first-order valence-electron chi connectivity index (χ1n) is 14.5. The predicted molar refractivity (Wildman–Crippen MR) is 166 cm³/mol. The van der Waals surface area contributed by atoms with Gasteiger partial charge in [0.2, 0.25) is 0 Å². The van der Waals surface area contributed by atoms with Gasteiger partial charge in [0.1, 0.15) is 17.2 Å². The van der Waals surface area contributed by atoms with Crippen LogP contribution >= 0.6 is 0 Å². The summed E-state index contributed by atoms with van der Waals surface area (Å²) in [6.45, 7) is 12.2. The summed E-state index contributed by atoms with van der Waals surface area (Å²) in [7, 11) is 0. The van der Waals surface area contributed by atoms with E-state index in [2.05, 4.69) is 4.98 Å². The molecule has 44 heavy (non-hydrogen) atoms. The van der Waals surface area contributed by atoms with Crippen LogP contribution in [-0.4, -0.2) is 38.7 Å². The quantitative estimate of drug-likeness (QED) is 0.140. The van der Waals surface area contributed by atoms with E-state index >= 15 is 0 Å². The van der Waals surface area contributed by atoms with Crippen molar-refractivity contribution in [2.24, 2.45) is 0 Å². The van der Waals surface area contributed by atoms with Crippen molar-refractivity contribution in [2.45, 2.75) is 71.1 Å². The minimum Gasteiger partial charge on any atom is -0.507 e. The Morgan fingerprint density at radius 1 is 0.841 bits per heavy atom. The van der Waals surface area contributed by atoms with Crippen LogP contribution < -0.4 is 4.74 Å². The van der Waals surface area contributed by atoms with Crippen LogP contribution in [0.15, 0.2) is 60.7 Å². The number of para-hydroxylation sites is 1. The molecule has 5 rings (SSSR count). The molecule has 4 aromatic rings. The number of phenolic OH excluding ortho intramolecular Hbond substituents is 1. The molecule has 0 radical (unpaired) electrons. The molecular formula is C36H35NO7. The number of rotatable bonds is 6. The normalized spacial score (nSPS) is 15.0. The number of pyridine rings is 1. The number of carbonyl (C=O) groups excluding carboxylic acids is 3. The SMILES string of the molecule is CC(C)(C)c1cc(CCC(=O)Oc2cccc3ccc(C4C(=O)c5ccc(C(=O)O)cc5C4=O)nc23)cc(C(C)(C)C)c1O. The number of ether oxygens (including phenoxy) is 1. The number of nitrogens with zero attached hydrogens (tertiary/aromatic N) is 1. The monoisotopic (exact) mass is 593 g/mol. The molecule has 0 amide bonds. The van der Waals surface area contributed by atoms with E-state index in [0.717, 1.165) is 16.7 Å². The molecular weight excluding hydrogens is 558 g/mol. The van der Waals surface area contributed by atoms with Crippen molar-refractivity contribution in [1.29, 1.82) is 0 Å². The van der Waals surface area contributed by atoms with Crippen molar-refractivity contribution in [2.75, 3.05) is 0 Å². The van der Waals surface area contributed by atoms with E-state index < -0.39 is 29.4 Å². The second kappa shape index (κ2) is 11.0. The molecule has 2 N–H and O–H groups in total. The summed E-state index contributed by atoms with van der Waals surface area (Å²) in [6.07, 6.45) is 0.477. The number of fused-ring (bicyclic) bond motifs is 2. The lowest BCUT2D eigenvalue weighted by atomic mass is 9.78. The van der Waals surface area contributed by atoms with Crippen LogP contribution in [0.25, 0.3) is 10.9 Å². The fourth-order valence-corrected chi connectivity index (χ4v) is 5.57. The van der Waals surface area contributed by atoms with Crippen molar-refractivity contribution in [3.8, 4) is 11.5 Å². The molecule has 1 unspecified atom stereocenters. The van der Waals surface area contributed by atoms with Gasteiger partial charge in [-0.05, 0) is 64.3 Å². The van der Waals surface area contributed by atoms with Gasteiger partial charge in [0.25, 0.3) is 0 Å². The molecule has 0 fully saturated rings. The molecule has 0 aliphatic heterocycles. The highest BCUT2D eigenvalue weighted by atomic mass is 16.5. The largest absolute Gasteiger partial charge is 0.507 e. The second-order valence-corrected chi connectivity index (χ2v) is 13.3. The molecule has 1 aliphatic rings. The van der Waals surface area contributed by atoms with Gasteiger partial charge in [-0.2, -0.15) is 0 Å². The first kappa shape index (κ1) is 30.6. The summed E-state index contributed by atoms with van der Waals surface area (Å²) in [5.74, 6) is -3.39. The summed E-state index contributed by atoms with van der Waals surface area (Å²) in [6, 6.07) is 16.2. The lowest BCUT2D eigenvalue weighted by Gasteiger charge is -2.28. The number of aromatic carboxylic acids is 1. The number of hydrogen-bond donors (Lipinski definition) is 2. The average Bonchev–Trinajstić information content (AvgIpc) is 3.20. The molecule has 0 spiro atoms. The van der Waals surface area contributed by atoms with Gasteiger partial charge in [-0.1, -0.05) is 71.9 Å². The Balaban J connectivity index is 1.40. The number of carboxylic acid groups (broad SMARTS) is 1. The summed E-state index contributed by atoms with van der Waals surface area (Å²) in [5, 5.41) is 21.0. The van der Waals surface area contributed by atoms with Gasteiger partial charge in [0, 0.05) is 22.9 Å². The summed E-state index contributed by atoms with van der Waals surface area (Å²) < 4.78 is 5.76. The van der Waals surface area contributed by atoms with Crippen LogP contribution in [0.1, 0.15) is 107 Å². The van der Waals surface area contributed by atoms with E-state index in [4.69, 9.17) is 4.74 Å². The van der Waals surface area contributed by atoms with E-state index in [1.807, 2.05) is 53.7 Å². The number of ketones is 2. The number of carboxylic acids is 1. The van der Waals surface area contributed by atoms with Gasteiger partial charge < -0.3 is 14.9 Å². The zero-order chi connectivity index (χ0) is 32.1. The topological polar surface area (TPSA) is 131 Å². The number of hydrogen-bond acceptors (Lipinski definition) is 7. The molecule has 0 bridgehead atoms. The summed E-state index contributed by atoms with van der Waals surface area (Å²) in [4.78, 5) is 55.5. The van der Waals surface area contributed by atoms with Crippen LogP contribution in [0.4, 0.5) is 0 Å². The lowest BCUT2D eigenvalue weighted by molar-refractivity contribution is -0.134. The number of aromatic hydroxyl groups is 1. The minimum atomic E-state index is -1.22. The maximum atomic E-state index is 13.2. The highest BCUT2D eigenvalue weighted by Crippen LogP contribution is 2.40. The Kier molecular flexibility index (Phi) is 7.66. The van der Waals surface area contributed by atoms with Crippen LogP contribution in [0.3, 0.4) is 0 Å². The standard InChI is InChI=1S/C36H35NO7/c1-35(2,3)24-16-19(17-25(33(24)41)36(4,5)6)10-15-28(38)44-27-9-7-8-20-12-14-26(37-30(20)27)29-31(39)22-13-11-21(34(42)43)18-23(22)32(29)40/h7-9,11-14,16-18,29,41H,10,15H2,1-6H3,(H,42,43). The molecule has 0 saturated carbocycles. The fourth-order valence-electron chi connectivity index (χ4n) is 5.57. The number of carbonyl (C=O) groups is 4. The van der Waals surface area contributed by atoms with E-state index in [-0.39, 0.29) is 51.1 Å². The smallest absolute Gasteiger partial charge is 0.335 e. The number of phenols is 1. The van der Waals surface area contributed by atoms with E-state index in [0.29, 0.717) is 17.3 Å². The van der Waals surface area contributed by atoms with Gasteiger partial charge in [0.15, 0.2) is 17.3 Å². The predicted octanol–water partition coefficient (Wildman–Crippen LogP) is 6.93. The Labute approximate surface area is 255 Å². The minimum absolute atomic E-state index is 0.0555. The highest BCUT2D eigenvalue weighted by molar-refractivity contribution is 6.30. The third kappa shape index (κ3) is 5.72. The van der Waals surface area contributed by atoms with Crippen LogP contribution in [0.2, 0.25) is 0 Å². The molecule has 0 saturated heterocycles. The Bertz CT molecular complexity index is 1820. The molecule has 1 aliphatic carbocycles. The second-order valence-electron chi connectivity index (χ2n) is 13.3. The molecule has 3 aromatic carbocycles. The van der Waals surface area contributed by atoms with E-state index in [1.54, 1.807) is 30.3 Å². The van der Waals surface area contributed by atoms with Gasteiger partial charge in [-0.25, -0.2) is 9.78 Å². The van der Waals surface area contributed by atoms with Crippen molar-refractivity contribution in [3.63, 3.8) is 0 Å². The number of esters is 1. The summed E-state index contributed by atoms with van der Waals surface area (Å²) in [5.41, 5.74) is 2.61. The van der Waals surface area contributed by atoms with Gasteiger partial charge in [0.05, 0.1) is 11.3 Å². The fraction of sp³-hybridized carbons (Fsp3) is 0.306. The summed E-state index contributed by atoms with van der Waals surface area (Å²) >= 11 is 0. The van der Waals surface area contributed by atoms with Crippen molar-refractivity contribution >= 4 is 34.4 Å². The molecule has 226 valence electrons. The molecule has 1 atom stereocenters. The molecule has 1 aromatic heterocycles. The average molecular weight is 594 g/mol. The van der Waals surface area contributed by atoms with Crippen LogP contribution in [-0.2, 0) is 22.0 Å². The van der Waals surface area contributed by atoms with Crippen molar-refractivity contribution < 1.29 is 34.1 Å². The Morgan fingerprint density at radius 2 is 1.48 bits per heavy atom. The Hall–Kier alpha value is -4.85. The van der Waals surface area contributed by atoms with E-state index in [9.17, 15) is 29.4 Å². The molecule has 1 heterocycles. The number of benzene rings is 3. The van der Waals surface area contributed by atoms with Crippen molar-refractivity contribution in [3.05, 3.63) is 99.7 Å².